The molecule has 2 heterocycles. The highest BCUT2D eigenvalue weighted by Gasteiger charge is 2.30. The molecule has 1 amide bonds. The number of piperazine rings is 1. The minimum absolute atomic E-state index is 0.354. The third-order valence-electron chi connectivity index (χ3n) is 6.47. The highest BCUT2D eigenvalue weighted by molar-refractivity contribution is 5.88. The van der Waals surface area contributed by atoms with E-state index in [0.29, 0.717) is 23.6 Å². The van der Waals surface area contributed by atoms with Gasteiger partial charge in [0.2, 0.25) is 5.91 Å². The Kier molecular flexibility index (Phi) is 7.15. The van der Waals surface area contributed by atoms with E-state index in [4.69, 9.17) is 9.97 Å². The SMILES string of the molecule is N#CC(C(=O)NCc1ccccc1)c1nc2ccccc2nc1N1CCN(Cc2ccccc2)CC1. The second-order valence-corrected chi connectivity index (χ2v) is 8.94. The maximum Gasteiger partial charge on any atom is 0.243 e. The van der Waals surface area contributed by atoms with Gasteiger partial charge in [-0.05, 0) is 23.3 Å². The number of nitriles is 1. The lowest BCUT2D eigenvalue weighted by molar-refractivity contribution is -0.121. The number of carbonyl (C=O) groups excluding carboxylic acids is 1. The van der Waals surface area contributed by atoms with Crippen molar-refractivity contribution in [1.29, 1.82) is 5.26 Å². The summed E-state index contributed by atoms with van der Waals surface area (Å²) in [5.74, 6) is -0.799. The number of para-hydroxylation sites is 2. The van der Waals surface area contributed by atoms with E-state index >= 15 is 0 Å². The van der Waals surface area contributed by atoms with Crippen molar-refractivity contribution < 1.29 is 4.79 Å². The van der Waals surface area contributed by atoms with E-state index in [1.54, 1.807) is 0 Å². The summed E-state index contributed by atoms with van der Waals surface area (Å²) in [7, 11) is 0. The van der Waals surface area contributed by atoms with E-state index in [9.17, 15) is 10.1 Å². The zero-order valence-corrected chi connectivity index (χ0v) is 20.0. The van der Waals surface area contributed by atoms with Gasteiger partial charge in [-0.15, -0.1) is 0 Å². The van der Waals surface area contributed by atoms with E-state index in [-0.39, 0.29) is 5.91 Å². The predicted molar refractivity (Wildman–Crippen MR) is 140 cm³/mol. The Bertz CT molecular complexity index is 1360. The number of carbonyl (C=O) groups is 1. The van der Waals surface area contributed by atoms with Gasteiger partial charge < -0.3 is 10.2 Å². The van der Waals surface area contributed by atoms with Crippen molar-refractivity contribution in [2.24, 2.45) is 0 Å². The van der Waals surface area contributed by atoms with Crippen LogP contribution in [0.4, 0.5) is 5.82 Å². The summed E-state index contributed by atoms with van der Waals surface area (Å²) in [6, 6.07) is 29.9. The minimum atomic E-state index is -1.05. The highest BCUT2D eigenvalue weighted by atomic mass is 16.1. The monoisotopic (exact) mass is 476 g/mol. The minimum Gasteiger partial charge on any atom is -0.352 e. The fraction of sp³-hybridized carbons (Fsp3) is 0.241. The molecule has 1 fully saturated rings. The topological polar surface area (TPSA) is 85.1 Å². The van der Waals surface area contributed by atoms with Gasteiger partial charge in [0.1, 0.15) is 5.69 Å². The van der Waals surface area contributed by atoms with Gasteiger partial charge >= 0.3 is 0 Å². The van der Waals surface area contributed by atoms with Crippen LogP contribution in [0.5, 0.6) is 0 Å². The molecule has 1 unspecified atom stereocenters. The summed E-state index contributed by atoms with van der Waals surface area (Å²) in [5, 5.41) is 12.9. The van der Waals surface area contributed by atoms with E-state index in [1.807, 2.05) is 60.7 Å². The molecule has 4 aromatic rings. The average Bonchev–Trinajstić information content (AvgIpc) is 2.93. The molecule has 0 radical (unpaired) electrons. The second kappa shape index (κ2) is 11.0. The standard InChI is InChI=1S/C29H28N6O/c30-19-24(29(36)31-20-22-9-3-1-4-10-22)27-28(33-26-14-8-7-13-25(26)32-27)35-17-15-34(16-18-35)21-23-11-5-2-6-12-23/h1-14,24H,15-18,20-21H2,(H,31,36). The molecule has 1 aliphatic heterocycles. The normalized spacial score (nSPS) is 14.8. The van der Waals surface area contributed by atoms with Crippen molar-refractivity contribution in [3.63, 3.8) is 0 Å². The first kappa shape index (κ1) is 23.5. The molecular weight excluding hydrogens is 448 g/mol. The maximum atomic E-state index is 13.1. The van der Waals surface area contributed by atoms with Crippen LogP contribution in [0.3, 0.4) is 0 Å². The van der Waals surface area contributed by atoms with Gasteiger partial charge in [0.25, 0.3) is 0 Å². The molecule has 1 N–H and O–H groups in total. The summed E-state index contributed by atoms with van der Waals surface area (Å²) in [4.78, 5) is 27.4. The number of fused-ring (bicyclic) bond motifs is 1. The van der Waals surface area contributed by atoms with E-state index < -0.39 is 5.92 Å². The van der Waals surface area contributed by atoms with Gasteiger partial charge in [-0.1, -0.05) is 72.8 Å². The third-order valence-corrected chi connectivity index (χ3v) is 6.47. The van der Waals surface area contributed by atoms with Crippen LogP contribution in [-0.4, -0.2) is 47.0 Å². The van der Waals surface area contributed by atoms with Crippen LogP contribution >= 0.6 is 0 Å². The number of hydrogen-bond acceptors (Lipinski definition) is 6. The predicted octanol–water partition coefficient (Wildman–Crippen LogP) is 3.88. The summed E-state index contributed by atoms with van der Waals surface area (Å²) in [5.41, 5.74) is 4.11. The maximum absolute atomic E-state index is 13.1. The van der Waals surface area contributed by atoms with Gasteiger partial charge in [-0.2, -0.15) is 5.26 Å². The molecule has 1 atom stereocenters. The molecule has 1 aliphatic rings. The quantitative estimate of drug-likeness (QED) is 0.436. The Balaban J connectivity index is 1.37. The number of aromatic nitrogens is 2. The van der Waals surface area contributed by atoms with E-state index in [1.165, 1.54) is 5.56 Å². The lowest BCUT2D eigenvalue weighted by Crippen LogP contribution is -2.47. The van der Waals surface area contributed by atoms with Crippen LogP contribution in [0.15, 0.2) is 84.9 Å². The highest BCUT2D eigenvalue weighted by Crippen LogP contribution is 2.28. The first-order valence-corrected chi connectivity index (χ1v) is 12.2. The fourth-order valence-electron chi connectivity index (χ4n) is 4.52. The molecule has 1 aromatic heterocycles. The smallest absolute Gasteiger partial charge is 0.243 e. The van der Waals surface area contributed by atoms with Crippen LogP contribution in [0, 0.1) is 11.3 Å². The van der Waals surface area contributed by atoms with Crippen molar-refractivity contribution >= 4 is 22.8 Å². The molecule has 3 aromatic carbocycles. The van der Waals surface area contributed by atoms with Gasteiger partial charge in [0, 0.05) is 39.3 Å². The Labute approximate surface area is 211 Å². The van der Waals surface area contributed by atoms with Crippen molar-refractivity contribution in [2.75, 3.05) is 31.1 Å². The van der Waals surface area contributed by atoms with Gasteiger partial charge in [-0.25, -0.2) is 9.97 Å². The van der Waals surface area contributed by atoms with E-state index in [2.05, 4.69) is 45.5 Å². The molecule has 0 aliphatic carbocycles. The number of rotatable bonds is 7. The van der Waals surface area contributed by atoms with Crippen molar-refractivity contribution in [2.45, 2.75) is 19.0 Å². The van der Waals surface area contributed by atoms with E-state index in [0.717, 1.165) is 43.8 Å². The Morgan fingerprint density at radius 1 is 0.833 bits per heavy atom. The van der Waals surface area contributed by atoms with Gasteiger partial charge in [0.05, 0.1) is 17.1 Å². The molecule has 0 bridgehead atoms. The molecule has 1 saturated heterocycles. The Morgan fingerprint density at radius 3 is 2.06 bits per heavy atom. The molecule has 5 rings (SSSR count). The summed E-state index contributed by atoms with van der Waals surface area (Å²) in [6.07, 6.45) is 0. The number of nitrogens with one attached hydrogen (secondary N) is 1. The van der Waals surface area contributed by atoms with Crippen molar-refractivity contribution in [3.8, 4) is 6.07 Å². The number of anilines is 1. The fourth-order valence-corrected chi connectivity index (χ4v) is 4.52. The molecule has 180 valence electrons. The molecule has 0 spiro atoms. The lowest BCUT2D eigenvalue weighted by Gasteiger charge is -2.36. The third kappa shape index (κ3) is 5.35. The number of hydrogen-bond donors (Lipinski definition) is 1. The summed E-state index contributed by atoms with van der Waals surface area (Å²) >= 11 is 0. The first-order chi connectivity index (χ1) is 17.7. The van der Waals surface area contributed by atoms with Crippen LogP contribution in [0.1, 0.15) is 22.7 Å². The molecule has 7 nitrogen and oxygen atoms in total. The zero-order chi connectivity index (χ0) is 24.7. The Hall–Kier alpha value is -4.28. The largest absolute Gasteiger partial charge is 0.352 e. The van der Waals surface area contributed by atoms with Crippen molar-refractivity contribution in [1.82, 2.24) is 20.2 Å². The van der Waals surface area contributed by atoms with Gasteiger partial charge in [0.15, 0.2) is 11.7 Å². The van der Waals surface area contributed by atoms with Gasteiger partial charge in [-0.3, -0.25) is 9.69 Å². The number of nitrogens with zero attached hydrogens (tertiary/aromatic N) is 5. The molecule has 0 saturated carbocycles. The average molecular weight is 477 g/mol. The van der Waals surface area contributed by atoms with Crippen LogP contribution < -0.4 is 10.2 Å². The lowest BCUT2D eigenvalue weighted by atomic mass is 10.0. The number of benzene rings is 3. The molecule has 7 heteroatoms. The summed E-state index contributed by atoms with van der Waals surface area (Å²) in [6.45, 7) is 4.47. The summed E-state index contributed by atoms with van der Waals surface area (Å²) < 4.78 is 0. The van der Waals surface area contributed by atoms with Crippen LogP contribution in [0.2, 0.25) is 0 Å². The molecule has 36 heavy (non-hydrogen) atoms. The number of amides is 1. The molecular formula is C29H28N6O. The van der Waals surface area contributed by atoms with Crippen LogP contribution in [0.25, 0.3) is 11.0 Å². The second-order valence-electron chi connectivity index (χ2n) is 8.94. The Morgan fingerprint density at radius 2 is 1.42 bits per heavy atom. The van der Waals surface area contributed by atoms with Crippen molar-refractivity contribution in [3.05, 3.63) is 102 Å². The zero-order valence-electron chi connectivity index (χ0n) is 20.0. The first-order valence-electron chi connectivity index (χ1n) is 12.2. The van der Waals surface area contributed by atoms with Crippen LogP contribution in [-0.2, 0) is 17.9 Å².